The molecule has 0 atom stereocenters. The van der Waals surface area contributed by atoms with E-state index in [2.05, 4.69) is 0 Å². The van der Waals surface area contributed by atoms with Crippen molar-refractivity contribution in [3.05, 3.63) is 33.4 Å². The maximum atomic E-state index is 11.5. The molecule has 12 heavy (non-hydrogen) atoms. The molecule has 1 aromatic carbocycles. The van der Waals surface area contributed by atoms with Crippen molar-refractivity contribution in [1.29, 1.82) is 0 Å². The van der Waals surface area contributed by atoms with Gasteiger partial charge in [0.15, 0.2) is 0 Å². The fraction of sp³-hybridized carbons (Fsp3) is 0.333. The molecule has 0 bridgehead atoms. The number of benzene rings is 1. The molecular formula is C9H10IO2-. The number of rotatable bonds is 0. The van der Waals surface area contributed by atoms with E-state index in [-0.39, 0.29) is 5.60 Å². The van der Waals surface area contributed by atoms with E-state index in [1.807, 2.05) is 38.1 Å². The second-order valence-corrected chi connectivity index (χ2v) is 6.13. The van der Waals surface area contributed by atoms with Crippen molar-refractivity contribution in [3.63, 3.8) is 0 Å². The van der Waals surface area contributed by atoms with Gasteiger partial charge in [-0.25, -0.2) is 0 Å². The van der Waals surface area contributed by atoms with Crippen LogP contribution in [0.25, 0.3) is 0 Å². The topological polar surface area (TPSA) is 32.3 Å². The quantitative estimate of drug-likeness (QED) is 0.677. The van der Waals surface area contributed by atoms with Gasteiger partial charge in [0.05, 0.1) is 0 Å². The minimum atomic E-state index is -2.49. The van der Waals surface area contributed by atoms with Gasteiger partial charge in [-0.2, -0.15) is 0 Å². The monoisotopic (exact) mass is 277 g/mol. The average molecular weight is 277 g/mol. The molecule has 1 aliphatic rings. The second-order valence-electron chi connectivity index (χ2n) is 3.28. The standard InChI is InChI=1S/C9H10IO2/c1-9(2)7-5-3-4-6-8(7)10(11)12-9/h3-6H,1-2H3/q-1. The van der Waals surface area contributed by atoms with Crippen LogP contribution in [0.1, 0.15) is 19.4 Å². The van der Waals surface area contributed by atoms with Crippen molar-refractivity contribution in [2.24, 2.45) is 0 Å². The maximum absolute atomic E-state index is 11.5. The van der Waals surface area contributed by atoms with Gasteiger partial charge >= 0.3 is 80.0 Å². The first-order valence-electron chi connectivity index (χ1n) is 3.78. The predicted octanol–water partition coefficient (Wildman–Crippen LogP) is 1.82. The summed E-state index contributed by atoms with van der Waals surface area (Å²) < 4.78 is 17.9. The fourth-order valence-corrected chi connectivity index (χ4v) is 4.62. The molecule has 2 nitrogen and oxygen atoms in total. The van der Waals surface area contributed by atoms with Gasteiger partial charge in [-0.1, -0.05) is 0 Å². The number of hydrogen-bond donors (Lipinski definition) is 0. The van der Waals surface area contributed by atoms with Gasteiger partial charge < -0.3 is 0 Å². The van der Waals surface area contributed by atoms with Gasteiger partial charge in [-0.05, 0) is 0 Å². The van der Waals surface area contributed by atoms with Crippen LogP contribution < -0.4 is 3.44 Å². The summed E-state index contributed by atoms with van der Waals surface area (Å²) in [6, 6.07) is 7.76. The Kier molecular flexibility index (Phi) is 1.89. The zero-order valence-electron chi connectivity index (χ0n) is 7.00. The third-order valence-corrected chi connectivity index (χ3v) is 5.34. The third-order valence-electron chi connectivity index (χ3n) is 1.95. The molecule has 0 fully saturated rings. The van der Waals surface area contributed by atoms with Crippen LogP contribution in [0.4, 0.5) is 0 Å². The molecule has 0 radical (unpaired) electrons. The first-order valence-corrected chi connectivity index (χ1v) is 6.62. The van der Waals surface area contributed by atoms with Crippen LogP contribution in [0.5, 0.6) is 0 Å². The van der Waals surface area contributed by atoms with Crippen LogP contribution in [0.15, 0.2) is 24.3 Å². The van der Waals surface area contributed by atoms with Crippen molar-refractivity contribution >= 4 is 20.6 Å². The molecule has 0 saturated heterocycles. The molecule has 0 aromatic heterocycles. The Morgan fingerprint density at radius 1 is 1.33 bits per heavy atom. The Morgan fingerprint density at radius 2 is 2.00 bits per heavy atom. The van der Waals surface area contributed by atoms with E-state index in [0.29, 0.717) is 0 Å². The molecule has 3 heteroatoms. The summed E-state index contributed by atoms with van der Waals surface area (Å²) in [5.74, 6) is 0. The van der Waals surface area contributed by atoms with Crippen molar-refractivity contribution in [2.45, 2.75) is 19.4 Å². The molecule has 1 aliphatic heterocycles. The molecule has 2 rings (SSSR count). The normalized spacial score (nSPS) is 22.4. The van der Waals surface area contributed by atoms with Gasteiger partial charge in [0.2, 0.25) is 0 Å². The number of hydrogen-bond acceptors (Lipinski definition) is 2. The third kappa shape index (κ3) is 1.16. The summed E-state index contributed by atoms with van der Waals surface area (Å²) in [6.07, 6.45) is 0. The summed E-state index contributed by atoms with van der Waals surface area (Å²) >= 11 is -2.49. The van der Waals surface area contributed by atoms with Crippen molar-refractivity contribution in [2.75, 3.05) is 0 Å². The molecule has 0 saturated carbocycles. The molecule has 1 aromatic rings. The molecule has 0 spiro atoms. The SMILES string of the molecule is CC1(C)OI([O-])c2ccccc21. The Bertz CT molecular complexity index is 309. The van der Waals surface area contributed by atoms with E-state index in [1.165, 1.54) is 0 Å². The second kappa shape index (κ2) is 2.68. The number of fused-ring (bicyclic) bond motifs is 1. The molecular weight excluding hydrogens is 267 g/mol. The van der Waals surface area contributed by atoms with Crippen molar-refractivity contribution in [1.82, 2.24) is 0 Å². The van der Waals surface area contributed by atoms with Crippen LogP contribution in [-0.2, 0) is 8.67 Å². The summed E-state index contributed by atoms with van der Waals surface area (Å²) in [7, 11) is 0. The summed E-state index contributed by atoms with van der Waals surface area (Å²) in [4.78, 5) is 0. The average Bonchev–Trinajstić information content (AvgIpc) is 2.25. The predicted molar refractivity (Wildman–Crippen MR) is 53.3 cm³/mol. The van der Waals surface area contributed by atoms with E-state index in [1.54, 1.807) is 0 Å². The van der Waals surface area contributed by atoms with Crippen LogP contribution in [0.2, 0.25) is 0 Å². The minimum absolute atomic E-state index is 0.344. The molecule has 0 N–H and O–H groups in total. The van der Waals surface area contributed by atoms with Gasteiger partial charge in [0.25, 0.3) is 0 Å². The molecule has 0 amide bonds. The van der Waals surface area contributed by atoms with Gasteiger partial charge in [-0.3, -0.25) is 0 Å². The van der Waals surface area contributed by atoms with Gasteiger partial charge in [0.1, 0.15) is 0 Å². The molecule has 66 valence electrons. The Labute approximate surface area is 80.0 Å². The number of halogens is 1. The van der Waals surface area contributed by atoms with Crippen LogP contribution in [0, 0.1) is 3.57 Å². The van der Waals surface area contributed by atoms with Crippen molar-refractivity contribution < 1.29 is 6.50 Å². The first kappa shape index (κ1) is 8.47. The van der Waals surface area contributed by atoms with E-state index in [4.69, 9.17) is 3.07 Å². The molecule has 1 heterocycles. The summed E-state index contributed by atoms with van der Waals surface area (Å²) in [5, 5.41) is 0. The molecule has 0 aliphatic carbocycles. The van der Waals surface area contributed by atoms with E-state index in [9.17, 15) is 3.44 Å². The van der Waals surface area contributed by atoms with E-state index < -0.39 is 20.6 Å². The zero-order chi connectivity index (χ0) is 8.77. The Balaban J connectivity index is 2.58. The fourth-order valence-electron chi connectivity index (χ4n) is 1.34. The van der Waals surface area contributed by atoms with Crippen molar-refractivity contribution in [3.8, 4) is 0 Å². The van der Waals surface area contributed by atoms with Crippen LogP contribution in [0.3, 0.4) is 0 Å². The molecule has 0 unspecified atom stereocenters. The Hall–Kier alpha value is -0.130. The van der Waals surface area contributed by atoms with E-state index in [0.717, 1.165) is 9.13 Å². The summed E-state index contributed by atoms with van der Waals surface area (Å²) in [6.45, 7) is 3.92. The first-order chi connectivity index (χ1) is 5.61. The Morgan fingerprint density at radius 3 is 2.67 bits per heavy atom. The summed E-state index contributed by atoms with van der Waals surface area (Å²) in [5.41, 5.74) is 0.744. The van der Waals surface area contributed by atoms with Crippen LogP contribution in [-0.4, -0.2) is 0 Å². The van der Waals surface area contributed by atoms with E-state index >= 15 is 0 Å². The zero-order valence-corrected chi connectivity index (χ0v) is 9.16. The van der Waals surface area contributed by atoms with Gasteiger partial charge in [0, 0.05) is 0 Å². The van der Waals surface area contributed by atoms with Gasteiger partial charge in [-0.15, -0.1) is 0 Å². The van der Waals surface area contributed by atoms with Crippen LogP contribution >= 0.6 is 20.6 Å².